The molecular formula is C16H14N4. The molecular weight excluding hydrogens is 248 g/mol. The number of hydrogen-bond acceptors (Lipinski definition) is 3. The fraction of sp³-hybridized carbons (Fsp3) is 0.125. The van der Waals surface area contributed by atoms with Crippen LogP contribution in [0.3, 0.4) is 0 Å². The summed E-state index contributed by atoms with van der Waals surface area (Å²) in [6.07, 6.45) is 1.77. The molecule has 0 unspecified atom stereocenters. The van der Waals surface area contributed by atoms with E-state index in [0.717, 1.165) is 27.8 Å². The first kappa shape index (κ1) is 12.2. The summed E-state index contributed by atoms with van der Waals surface area (Å²) in [4.78, 5) is 4.36. The van der Waals surface area contributed by atoms with Gasteiger partial charge in [-0.2, -0.15) is 5.26 Å². The number of benzene rings is 1. The van der Waals surface area contributed by atoms with Crippen molar-refractivity contribution in [3.05, 3.63) is 53.3 Å². The van der Waals surface area contributed by atoms with Crippen LogP contribution in [-0.2, 0) is 0 Å². The van der Waals surface area contributed by atoms with Crippen molar-refractivity contribution in [2.24, 2.45) is 0 Å². The van der Waals surface area contributed by atoms with Crippen molar-refractivity contribution in [1.82, 2.24) is 9.55 Å². The molecule has 98 valence electrons. The van der Waals surface area contributed by atoms with E-state index in [-0.39, 0.29) is 0 Å². The lowest BCUT2D eigenvalue weighted by Gasteiger charge is -2.12. The quantitative estimate of drug-likeness (QED) is 0.732. The number of pyridine rings is 1. The number of nitrogen functional groups attached to an aromatic ring is 1. The molecule has 0 bridgehead atoms. The standard InChI is InChI=1S/C16H14N4/c1-10-11(2)20(16(18)13(10)9-17)15-7-3-6-14-12(15)5-4-8-19-14/h3-8H,18H2,1-2H3. The van der Waals surface area contributed by atoms with Crippen molar-refractivity contribution in [3.8, 4) is 11.8 Å². The van der Waals surface area contributed by atoms with E-state index >= 15 is 0 Å². The molecule has 4 nitrogen and oxygen atoms in total. The monoisotopic (exact) mass is 262 g/mol. The van der Waals surface area contributed by atoms with Gasteiger partial charge in [-0.25, -0.2) is 0 Å². The summed E-state index contributed by atoms with van der Waals surface area (Å²) in [6, 6.07) is 12.0. The number of fused-ring (bicyclic) bond motifs is 1. The van der Waals surface area contributed by atoms with Crippen molar-refractivity contribution >= 4 is 16.7 Å². The molecule has 0 aliphatic carbocycles. The molecule has 20 heavy (non-hydrogen) atoms. The van der Waals surface area contributed by atoms with Gasteiger partial charge in [-0.05, 0) is 43.7 Å². The van der Waals surface area contributed by atoms with Gasteiger partial charge in [0.1, 0.15) is 11.9 Å². The Labute approximate surface area is 117 Å². The summed E-state index contributed by atoms with van der Waals surface area (Å²) in [5.41, 5.74) is 10.5. The maximum Gasteiger partial charge on any atom is 0.126 e. The van der Waals surface area contributed by atoms with Crippen molar-refractivity contribution in [3.63, 3.8) is 0 Å². The van der Waals surface area contributed by atoms with E-state index in [0.29, 0.717) is 11.4 Å². The van der Waals surface area contributed by atoms with Gasteiger partial charge in [0, 0.05) is 17.3 Å². The number of nitriles is 1. The molecule has 0 aliphatic rings. The molecule has 1 aromatic carbocycles. The maximum atomic E-state index is 9.24. The Morgan fingerprint density at radius 2 is 2.00 bits per heavy atom. The van der Waals surface area contributed by atoms with Gasteiger partial charge in [0.25, 0.3) is 0 Å². The van der Waals surface area contributed by atoms with Crippen LogP contribution in [0.2, 0.25) is 0 Å². The van der Waals surface area contributed by atoms with Crippen LogP contribution in [0.4, 0.5) is 5.82 Å². The molecule has 0 atom stereocenters. The third-order valence-electron chi connectivity index (χ3n) is 3.73. The summed E-state index contributed by atoms with van der Waals surface area (Å²) in [5.74, 6) is 0.485. The highest BCUT2D eigenvalue weighted by molar-refractivity contribution is 5.88. The Hall–Kier alpha value is -2.80. The van der Waals surface area contributed by atoms with Crippen LogP contribution in [0, 0.1) is 25.2 Å². The highest BCUT2D eigenvalue weighted by atomic mass is 15.1. The molecule has 2 aromatic heterocycles. The maximum absolute atomic E-state index is 9.24. The van der Waals surface area contributed by atoms with Crippen LogP contribution in [0.15, 0.2) is 36.5 Å². The zero-order valence-corrected chi connectivity index (χ0v) is 11.4. The average Bonchev–Trinajstić information content (AvgIpc) is 2.68. The van der Waals surface area contributed by atoms with Crippen LogP contribution in [0.1, 0.15) is 16.8 Å². The molecule has 0 aliphatic heterocycles. The van der Waals surface area contributed by atoms with E-state index in [1.54, 1.807) is 6.20 Å². The highest BCUT2D eigenvalue weighted by Crippen LogP contribution is 2.30. The third-order valence-corrected chi connectivity index (χ3v) is 3.73. The zero-order valence-electron chi connectivity index (χ0n) is 11.4. The fourth-order valence-corrected chi connectivity index (χ4v) is 2.57. The predicted molar refractivity (Wildman–Crippen MR) is 79.7 cm³/mol. The summed E-state index contributed by atoms with van der Waals surface area (Å²) in [7, 11) is 0. The average molecular weight is 262 g/mol. The number of hydrogen-bond donors (Lipinski definition) is 1. The lowest BCUT2D eigenvalue weighted by atomic mass is 10.1. The van der Waals surface area contributed by atoms with Gasteiger partial charge in [0.05, 0.1) is 16.8 Å². The van der Waals surface area contributed by atoms with Crippen molar-refractivity contribution in [1.29, 1.82) is 5.26 Å². The lowest BCUT2D eigenvalue weighted by Crippen LogP contribution is -2.03. The van der Waals surface area contributed by atoms with Crippen LogP contribution < -0.4 is 5.73 Å². The molecule has 0 saturated carbocycles. The molecule has 2 heterocycles. The fourth-order valence-electron chi connectivity index (χ4n) is 2.57. The first-order chi connectivity index (χ1) is 9.65. The summed E-state index contributed by atoms with van der Waals surface area (Å²) >= 11 is 0. The second kappa shape index (κ2) is 4.39. The Balaban J connectivity index is 2.41. The van der Waals surface area contributed by atoms with E-state index in [9.17, 15) is 5.26 Å². The summed E-state index contributed by atoms with van der Waals surface area (Å²) < 4.78 is 1.93. The Morgan fingerprint density at radius 3 is 2.70 bits per heavy atom. The molecule has 2 N–H and O–H groups in total. The molecule has 0 radical (unpaired) electrons. The second-order valence-electron chi connectivity index (χ2n) is 4.77. The Morgan fingerprint density at radius 1 is 1.20 bits per heavy atom. The lowest BCUT2D eigenvalue weighted by molar-refractivity contribution is 1.03. The minimum absolute atomic E-state index is 0.485. The molecule has 0 spiro atoms. The number of anilines is 1. The van der Waals surface area contributed by atoms with Gasteiger partial charge in [0.15, 0.2) is 0 Å². The number of aromatic nitrogens is 2. The van der Waals surface area contributed by atoms with Gasteiger partial charge in [0.2, 0.25) is 0 Å². The van der Waals surface area contributed by atoms with Gasteiger partial charge in [-0.1, -0.05) is 6.07 Å². The predicted octanol–water partition coefficient (Wildman–Crippen LogP) is 3.10. The van der Waals surface area contributed by atoms with Crippen LogP contribution in [-0.4, -0.2) is 9.55 Å². The van der Waals surface area contributed by atoms with Crippen LogP contribution in [0.25, 0.3) is 16.6 Å². The highest BCUT2D eigenvalue weighted by Gasteiger charge is 2.17. The smallest absolute Gasteiger partial charge is 0.126 e. The number of nitrogens with two attached hydrogens (primary N) is 1. The van der Waals surface area contributed by atoms with E-state index in [2.05, 4.69) is 11.1 Å². The molecule has 3 aromatic rings. The van der Waals surface area contributed by atoms with Gasteiger partial charge < -0.3 is 5.73 Å². The van der Waals surface area contributed by atoms with Gasteiger partial charge in [-0.3, -0.25) is 9.55 Å². The SMILES string of the molecule is Cc1c(C#N)c(N)n(-c2cccc3ncccc23)c1C. The van der Waals surface area contributed by atoms with E-state index in [1.807, 2.05) is 48.7 Å². The topological polar surface area (TPSA) is 67.6 Å². The second-order valence-corrected chi connectivity index (χ2v) is 4.77. The van der Waals surface area contributed by atoms with E-state index in [4.69, 9.17) is 5.73 Å². The van der Waals surface area contributed by atoms with Gasteiger partial charge in [-0.15, -0.1) is 0 Å². The summed E-state index contributed by atoms with van der Waals surface area (Å²) in [5, 5.41) is 10.3. The van der Waals surface area contributed by atoms with Crippen molar-refractivity contribution < 1.29 is 0 Å². The van der Waals surface area contributed by atoms with Crippen LogP contribution in [0.5, 0.6) is 0 Å². The van der Waals surface area contributed by atoms with Crippen LogP contribution >= 0.6 is 0 Å². The molecule has 0 amide bonds. The Bertz CT molecular complexity index is 848. The first-order valence-electron chi connectivity index (χ1n) is 6.36. The molecule has 0 fully saturated rings. The molecule has 4 heteroatoms. The first-order valence-corrected chi connectivity index (χ1v) is 6.36. The van der Waals surface area contributed by atoms with E-state index in [1.165, 1.54) is 0 Å². The van der Waals surface area contributed by atoms with E-state index < -0.39 is 0 Å². The number of rotatable bonds is 1. The summed E-state index contributed by atoms with van der Waals surface area (Å²) in [6.45, 7) is 3.89. The third kappa shape index (κ3) is 1.57. The largest absolute Gasteiger partial charge is 0.384 e. The molecule has 3 rings (SSSR count). The van der Waals surface area contributed by atoms with Gasteiger partial charge >= 0.3 is 0 Å². The Kier molecular flexibility index (Phi) is 2.69. The van der Waals surface area contributed by atoms with Crippen molar-refractivity contribution in [2.75, 3.05) is 5.73 Å². The minimum atomic E-state index is 0.485. The minimum Gasteiger partial charge on any atom is -0.384 e. The zero-order chi connectivity index (χ0) is 14.3. The molecule has 0 saturated heterocycles. The van der Waals surface area contributed by atoms with Crippen molar-refractivity contribution in [2.45, 2.75) is 13.8 Å². The number of nitrogens with zero attached hydrogens (tertiary/aromatic N) is 3. The normalized spacial score (nSPS) is 10.7.